The number of Topliss-reactive ketones (excluding diaryl/α,β-unsaturated/α-hetero) is 1. The van der Waals surface area contributed by atoms with Gasteiger partial charge >= 0.3 is 6.09 Å². The molecule has 1 aliphatic heterocycles. The van der Waals surface area contributed by atoms with Crippen molar-refractivity contribution in [2.75, 3.05) is 19.7 Å². The smallest absolute Gasteiger partial charge is 0.410 e. The van der Waals surface area contributed by atoms with Crippen LogP contribution in [0.4, 0.5) is 16.2 Å². The van der Waals surface area contributed by atoms with Crippen molar-refractivity contribution in [2.45, 2.75) is 6.92 Å². The Bertz CT molecular complexity index is 1040. The zero-order chi connectivity index (χ0) is 23.3. The molecular weight excluding hydrogens is 418 g/mol. The highest BCUT2D eigenvalue weighted by Crippen LogP contribution is 2.24. The minimum Gasteiger partial charge on any atom is -0.450 e. The van der Waals surface area contributed by atoms with Crippen LogP contribution in [0.5, 0.6) is 0 Å². The molecule has 2 aromatic rings. The Morgan fingerprint density at radius 3 is 1.66 bits per heavy atom. The molecule has 0 radical (unpaired) electrons. The summed E-state index contributed by atoms with van der Waals surface area (Å²) in [5, 5.41) is 21.7. The maximum Gasteiger partial charge on any atom is 0.410 e. The van der Waals surface area contributed by atoms with Gasteiger partial charge in [0.15, 0.2) is 5.78 Å². The zero-order valence-corrected chi connectivity index (χ0v) is 17.1. The van der Waals surface area contributed by atoms with E-state index in [1.807, 2.05) is 0 Å². The van der Waals surface area contributed by atoms with Gasteiger partial charge in [-0.1, -0.05) is 0 Å². The van der Waals surface area contributed by atoms with Crippen LogP contribution in [0.2, 0.25) is 0 Å². The molecule has 0 atom stereocenters. The van der Waals surface area contributed by atoms with Crippen molar-refractivity contribution in [3.05, 3.63) is 91.0 Å². The standard InChI is InChI=1S/C22H19N3O7/c1-2-32-22(27)23-13-17(11-15-3-7-19(8-4-15)24(28)29)21(26)18(14-23)12-16-5-9-20(10-6-16)25(30)31/h3-12H,2,13-14H2,1H3/b17-11+,18-12+. The Morgan fingerprint density at radius 2 is 1.31 bits per heavy atom. The average molecular weight is 437 g/mol. The Labute approximate surface area is 182 Å². The van der Waals surface area contributed by atoms with E-state index in [4.69, 9.17) is 4.74 Å². The molecule has 0 N–H and O–H groups in total. The number of nitrogens with zero attached hydrogens (tertiary/aromatic N) is 3. The molecule has 10 heteroatoms. The molecule has 1 heterocycles. The molecule has 1 saturated heterocycles. The van der Waals surface area contributed by atoms with Crippen molar-refractivity contribution in [3.8, 4) is 0 Å². The second-order valence-corrected chi connectivity index (χ2v) is 6.92. The van der Waals surface area contributed by atoms with Crippen LogP contribution in [0, 0.1) is 20.2 Å². The van der Waals surface area contributed by atoms with Gasteiger partial charge in [0.2, 0.25) is 0 Å². The number of non-ortho nitro benzene ring substituents is 2. The minimum atomic E-state index is -0.579. The van der Waals surface area contributed by atoms with Gasteiger partial charge in [0.1, 0.15) is 0 Å². The van der Waals surface area contributed by atoms with Gasteiger partial charge in [0, 0.05) is 35.4 Å². The van der Waals surface area contributed by atoms with E-state index in [-0.39, 0.29) is 36.9 Å². The molecule has 0 spiro atoms. The van der Waals surface area contributed by atoms with Crippen LogP contribution in [-0.4, -0.2) is 46.3 Å². The first-order valence-electron chi connectivity index (χ1n) is 9.65. The normalized spacial score (nSPS) is 16.3. The summed E-state index contributed by atoms with van der Waals surface area (Å²) in [5.74, 6) is -0.290. The topological polar surface area (TPSA) is 133 Å². The third kappa shape index (κ3) is 5.22. The van der Waals surface area contributed by atoms with Crippen molar-refractivity contribution < 1.29 is 24.2 Å². The van der Waals surface area contributed by atoms with Crippen LogP contribution < -0.4 is 0 Å². The van der Waals surface area contributed by atoms with Gasteiger partial charge in [-0.3, -0.25) is 29.9 Å². The van der Waals surface area contributed by atoms with Crippen LogP contribution >= 0.6 is 0 Å². The number of carbonyl (C=O) groups excluding carboxylic acids is 2. The van der Waals surface area contributed by atoms with Gasteiger partial charge in [0.25, 0.3) is 11.4 Å². The van der Waals surface area contributed by atoms with Gasteiger partial charge in [0.05, 0.1) is 29.5 Å². The summed E-state index contributed by atoms with van der Waals surface area (Å²) in [5.41, 5.74) is 1.61. The number of nitro benzene ring substituents is 2. The zero-order valence-electron chi connectivity index (χ0n) is 17.1. The lowest BCUT2D eigenvalue weighted by atomic mass is 9.94. The number of ketones is 1. The van der Waals surface area contributed by atoms with E-state index in [0.29, 0.717) is 22.3 Å². The number of piperidine rings is 1. The molecule has 164 valence electrons. The predicted octanol–water partition coefficient (Wildman–Crippen LogP) is 4.01. The number of benzene rings is 2. The van der Waals surface area contributed by atoms with Crippen LogP contribution in [-0.2, 0) is 9.53 Å². The first kappa shape index (κ1) is 22.3. The van der Waals surface area contributed by atoms with E-state index in [9.17, 15) is 29.8 Å². The number of hydrogen-bond acceptors (Lipinski definition) is 7. The molecule has 10 nitrogen and oxygen atoms in total. The summed E-state index contributed by atoms with van der Waals surface area (Å²) < 4.78 is 5.07. The lowest BCUT2D eigenvalue weighted by molar-refractivity contribution is -0.385. The van der Waals surface area contributed by atoms with Crippen molar-refractivity contribution in [1.82, 2.24) is 4.90 Å². The third-order valence-electron chi connectivity index (χ3n) is 4.72. The van der Waals surface area contributed by atoms with Crippen molar-refractivity contribution in [3.63, 3.8) is 0 Å². The molecule has 3 rings (SSSR count). The Kier molecular flexibility index (Phi) is 6.74. The highest BCUT2D eigenvalue weighted by Gasteiger charge is 2.30. The summed E-state index contributed by atoms with van der Waals surface area (Å²) in [7, 11) is 0. The van der Waals surface area contributed by atoms with E-state index in [2.05, 4.69) is 0 Å². The second kappa shape index (κ2) is 9.65. The Balaban J connectivity index is 1.95. The van der Waals surface area contributed by atoms with E-state index in [0.717, 1.165) is 0 Å². The molecule has 0 saturated carbocycles. The fourth-order valence-electron chi connectivity index (χ4n) is 3.17. The number of nitro groups is 2. The summed E-state index contributed by atoms with van der Waals surface area (Å²) in [6, 6.07) is 11.4. The SMILES string of the molecule is CCOC(=O)N1C/C(=C\c2ccc([N+](=O)[O-])cc2)C(=O)/C(=C/c2ccc([N+](=O)[O-])cc2)C1. The fraction of sp³-hybridized carbons (Fsp3) is 0.182. The second-order valence-electron chi connectivity index (χ2n) is 6.92. The molecule has 0 bridgehead atoms. The van der Waals surface area contributed by atoms with E-state index in [1.165, 1.54) is 53.4 Å². The highest BCUT2D eigenvalue weighted by atomic mass is 16.6. The van der Waals surface area contributed by atoms with Crippen LogP contribution in [0.25, 0.3) is 12.2 Å². The minimum absolute atomic E-state index is 0.0201. The Morgan fingerprint density at radius 1 is 0.906 bits per heavy atom. The van der Waals surface area contributed by atoms with Gasteiger partial charge in [-0.25, -0.2) is 4.79 Å². The summed E-state index contributed by atoms with van der Waals surface area (Å²) in [6.45, 7) is 1.89. The van der Waals surface area contributed by atoms with Crippen molar-refractivity contribution in [1.29, 1.82) is 0 Å². The number of likely N-dealkylation sites (tertiary alicyclic amines) is 1. The van der Waals surface area contributed by atoms with Crippen molar-refractivity contribution >= 4 is 35.4 Å². The maximum absolute atomic E-state index is 13.1. The van der Waals surface area contributed by atoms with E-state index >= 15 is 0 Å². The molecule has 2 aromatic carbocycles. The maximum atomic E-state index is 13.1. The summed E-state index contributed by atoms with van der Waals surface area (Å²) in [6.07, 6.45) is 2.56. The number of ether oxygens (including phenoxy) is 1. The van der Waals surface area contributed by atoms with Crippen LogP contribution in [0.15, 0.2) is 59.7 Å². The lowest BCUT2D eigenvalue weighted by Gasteiger charge is -2.29. The monoisotopic (exact) mass is 437 g/mol. The van der Waals surface area contributed by atoms with Gasteiger partial charge in [-0.2, -0.15) is 0 Å². The average Bonchev–Trinajstić information content (AvgIpc) is 2.77. The van der Waals surface area contributed by atoms with Gasteiger partial charge in [-0.15, -0.1) is 0 Å². The first-order valence-corrected chi connectivity index (χ1v) is 9.65. The predicted molar refractivity (Wildman–Crippen MR) is 116 cm³/mol. The molecule has 32 heavy (non-hydrogen) atoms. The number of hydrogen-bond donors (Lipinski definition) is 0. The fourth-order valence-corrected chi connectivity index (χ4v) is 3.17. The third-order valence-corrected chi connectivity index (χ3v) is 4.72. The molecule has 0 aromatic heterocycles. The van der Waals surface area contributed by atoms with E-state index < -0.39 is 15.9 Å². The molecular formula is C22H19N3O7. The quantitative estimate of drug-likeness (QED) is 0.392. The number of rotatable bonds is 5. The van der Waals surface area contributed by atoms with Crippen LogP contribution in [0.1, 0.15) is 18.1 Å². The first-order chi connectivity index (χ1) is 15.3. The largest absolute Gasteiger partial charge is 0.450 e. The van der Waals surface area contributed by atoms with Gasteiger partial charge < -0.3 is 4.74 Å². The Hall–Kier alpha value is -4.34. The van der Waals surface area contributed by atoms with Gasteiger partial charge in [-0.05, 0) is 54.5 Å². The summed E-state index contributed by atoms with van der Waals surface area (Å²) >= 11 is 0. The lowest BCUT2D eigenvalue weighted by Crippen LogP contribution is -2.41. The highest BCUT2D eigenvalue weighted by molar-refractivity contribution is 6.15. The van der Waals surface area contributed by atoms with Crippen LogP contribution in [0.3, 0.4) is 0 Å². The molecule has 1 fully saturated rings. The van der Waals surface area contributed by atoms with E-state index in [1.54, 1.807) is 19.1 Å². The van der Waals surface area contributed by atoms with Crippen molar-refractivity contribution in [2.24, 2.45) is 0 Å². The molecule has 0 aliphatic carbocycles. The summed E-state index contributed by atoms with van der Waals surface area (Å²) in [4.78, 5) is 47.4. The molecule has 1 aliphatic rings. The number of amides is 1. The number of carbonyl (C=O) groups is 2. The molecule has 0 unspecified atom stereocenters. The molecule has 1 amide bonds.